The van der Waals surface area contributed by atoms with Gasteiger partial charge in [-0.1, -0.05) is 36.9 Å². The number of fused-ring (bicyclic) bond motifs is 3. The highest BCUT2D eigenvalue weighted by Crippen LogP contribution is 2.31. The van der Waals surface area contributed by atoms with Crippen LogP contribution in [0.3, 0.4) is 0 Å². The summed E-state index contributed by atoms with van der Waals surface area (Å²) < 4.78 is 47.6. The quantitative estimate of drug-likeness (QED) is 0.244. The van der Waals surface area contributed by atoms with E-state index in [2.05, 4.69) is 14.7 Å². The van der Waals surface area contributed by atoms with Crippen LogP contribution in [-0.4, -0.2) is 39.2 Å². The predicted octanol–water partition coefficient (Wildman–Crippen LogP) is 4.81. The molecule has 0 aliphatic heterocycles. The van der Waals surface area contributed by atoms with E-state index in [0.29, 0.717) is 17.5 Å². The number of carbonyl (C=O) groups is 1. The number of carbonyl (C=O) groups excluding carboxylic acids is 1. The monoisotopic (exact) mass is 477 g/mol. The van der Waals surface area contributed by atoms with Gasteiger partial charge in [0.15, 0.2) is 5.16 Å². The molecule has 2 aromatic carbocycles. The molecule has 4 aromatic rings. The lowest BCUT2D eigenvalue weighted by Gasteiger charge is -2.16. The summed E-state index contributed by atoms with van der Waals surface area (Å²) in [6, 6.07) is 12.1. The summed E-state index contributed by atoms with van der Waals surface area (Å²) in [5.74, 6) is -0.898. The van der Waals surface area contributed by atoms with Gasteiger partial charge in [-0.3, -0.25) is 14.2 Å². The van der Waals surface area contributed by atoms with Crippen molar-refractivity contribution in [3.8, 4) is 11.4 Å². The Balaban J connectivity index is 1.91. The van der Waals surface area contributed by atoms with Crippen molar-refractivity contribution in [2.45, 2.75) is 30.1 Å². The maximum atomic E-state index is 13.5. The van der Waals surface area contributed by atoms with Crippen LogP contribution in [-0.2, 0) is 9.53 Å². The highest BCUT2D eigenvalue weighted by atomic mass is 32.2. The Morgan fingerprint density at radius 2 is 1.88 bits per heavy atom. The predicted molar refractivity (Wildman–Crippen MR) is 118 cm³/mol. The number of aromatic nitrogens is 3. The molecule has 0 saturated carbocycles. The lowest BCUT2D eigenvalue weighted by Crippen LogP contribution is -2.25. The van der Waals surface area contributed by atoms with Gasteiger partial charge in [0.05, 0.1) is 12.8 Å². The third-order valence-corrected chi connectivity index (χ3v) is 6.20. The average Bonchev–Trinajstić information content (AvgIpc) is 3.16. The van der Waals surface area contributed by atoms with Crippen molar-refractivity contribution in [3.05, 3.63) is 58.9 Å². The van der Waals surface area contributed by atoms with Crippen molar-refractivity contribution in [1.29, 1.82) is 0 Å². The van der Waals surface area contributed by atoms with Gasteiger partial charge in [-0.25, -0.2) is 4.98 Å². The van der Waals surface area contributed by atoms with Crippen molar-refractivity contribution in [2.24, 2.45) is 0 Å². The Morgan fingerprint density at radius 1 is 1.18 bits per heavy atom. The lowest BCUT2D eigenvalue weighted by molar-refractivity contribution is -0.274. The molecule has 1 atom stereocenters. The van der Waals surface area contributed by atoms with Gasteiger partial charge in [0.1, 0.15) is 22.0 Å². The number of methoxy groups -OCH3 is 1. The first kappa shape index (κ1) is 22.7. The molecule has 0 aliphatic rings. The SMILES string of the molecule is CCC(Sc1nc2c([nH]c3ccccc32)c(=O)n1-c1ccc(OC(F)(F)F)cc1)C(=O)OC. The Kier molecular flexibility index (Phi) is 6.07. The fourth-order valence-electron chi connectivity index (χ4n) is 3.40. The molecule has 33 heavy (non-hydrogen) atoms. The molecule has 0 saturated heterocycles. The van der Waals surface area contributed by atoms with E-state index < -0.39 is 28.9 Å². The minimum absolute atomic E-state index is 0.207. The molecule has 0 spiro atoms. The standard InChI is InChI=1S/C22H18F3N3O4S/c1-3-16(20(30)31-2)33-21-27-17-14-6-4-5-7-15(14)26-18(17)19(29)28(21)12-8-10-13(11-9-12)32-22(23,24)25/h4-11,16,26H,3H2,1-2H3. The van der Waals surface area contributed by atoms with E-state index in [1.165, 1.54) is 23.8 Å². The zero-order valence-corrected chi connectivity index (χ0v) is 18.3. The van der Waals surface area contributed by atoms with Gasteiger partial charge in [0.25, 0.3) is 5.56 Å². The van der Waals surface area contributed by atoms with Crippen LogP contribution in [0.5, 0.6) is 5.75 Å². The van der Waals surface area contributed by atoms with Crippen LogP contribution in [0.2, 0.25) is 0 Å². The van der Waals surface area contributed by atoms with E-state index in [1.807, 2.05) is 18.2 Å². The number of H-pyrrole nitrogens is 1. The minimum atomic E-state index is -4.83. The van der Waals surface area contributed by atoms with Gasteiger partial charge in [-0.2, -0.15) is 0 Å². The number of aromatic amines is 1. The van der Waals surface area contributed by atoms with Crippen molar-refractivity contribution in [3.63, 3.8) is 0 Å². The molecule has 0 radical (unpaired) electrons. The fourth-order valence-corrected chi connectivity index (χ4v) is 4.45. The van der Waals surface area contributed by atoms with Crippen molar-refractivity contribution >= 4 is 39.7 Å². The second kappa shape index (κ2) is 8.81. The second-order valence-electron chi connectivity index (χ2n) is 7.01. The highest BCUT2D eigenvalue weighted by molar-refractivity contribution is 8.00. The number of alkyl halides is 3. The number of nitrogens with one attached hydrogen (secondary N) is 1. The van der Waals surface area contributed by atoms with Crippen LogP contribution in [0.15, 0.2) is 58.5 Å². The van der Waals surface area contributed by atoms with Crippen molar-refractivity contribution < 1.29 is 27.4 Å². The van der Waals surface area contributed by atoms with Crippen LogP contribution in [0.4, 0.5) is 13.2 Å². The lowest BCUT2D eigenvalue weighted by atomic mass is 10.2. The third-order valence-electron chi connectivity index (χ3n) is 4.91. The molecule has 172 valence electrons. The molecule has 1 N–H and O–H groups in total. The summed E-state index contributed by atoms with van der Waals surface area (Å²) in [5.41, 5.74) is 1.20. The average molecular weight is 477 g/mol. The highest BCUT2D eigenvalue weighted by Gasteiger charge is 2.31. The molecule has 0 fully saturated rings. The smallest absolute Gasteiger partial charge is 0.468 e. The van der Waals surface area contributed by atoms with Crippen molar-refractivity contribution in [1.82, 2.24) is 14.5 Å². The number of benzene rings is 2. The number of esters is 1. The first-order valence-electron chi connectivity index (χ1n) is 9.86. The van der Waals surface area contributed by atoms with Crippen LogP contribution >= 0.6 is 11.8 Å². The molecule has 4 rings (SSSR count). The zero-order valence-electron chi connectivity index (χ0n) is 17.5. The van der Waals surface area contributed by atoms with E-state index >= 15 is 0 Å². The Hall–Kier alpha value is -3.47. The number of hydrogen-bond donors (Lipinski definition) is 1. The number of halogens is 3. The summed E-state index contributed by atoms with van der Waals surface area (Å²) in [7, 11) is 1.27. The summed E-state index contributed by atoms with van der Waals surface area (Å²) >= 11 is 1.05. The zero-order chi connectivity index (χ0) is 23.8. The van der Waals surface area contributed by atoms with Gasteiger partial charge in [-0.15, -0.1) is 13.2 Å². The maximum Gasteiger partial charge on any atom is 0.573 e. The number of rotatable bonds is 6. The molecule has 0 aliphatic carbocycles. The number of para-hydroxylation sites is 1. The van der Waals surface area contributed by atoms with E-state index in [4.69, 9.17) is 4.74 Å². The number of ether oxygens (including phenoxy) is 2. The molecule has 1 unspecified atom stereocenters. The molecular weight excluding hydrogens is 459 g/mol. The van der Waals surface area contributed by atoms with Gasteiger partial charge < -0.3 is 14.5 Å². The number of hydrogen-bond acceptors (Lipinski definition) is 6. The van der Waals surface area contributed by atoms with E-state index in [1.54, 1.807) is 13.0 Å². The Bertz CT molecular complexity index is 1380. The summed E-state index contributed by atoms with van der Waals surface area (Å²) in [4.78, 5) is 33.4. The van der Waals surface area contributed by atoms with E-state index in [-0.39, 0.29) is 16.4 Å². The summed E-state index contributed by atoms with van der Waals surface area (Å²) in [6.07, 6.45) is -4.42. The topological polar surface area (TPSA) is 86.2 Å². The van der Waals surface area contributed by atoms with Crippen LogP contribution < -0.4 is 10.3 Å². The van der Waals surface area contributed by atoms with Crippen molar-refractivity contribution in [2.75, 3.05) is 7.11 Å². The molecule has 7 nitrogen and oxygen atoms in total. The van der Waals surface area contributed by atoms with Gasteiger partial charge in [0, 0.05) is 10.9 Å². The molecule has 0 bridgehead atoms. The maximum absolute atomic E-state index is 13.5. The third kappa shape index (κ3) is 4.54. The van der Waals surface area contributed by atoms with Gasteiger partial charge in [-0.05, 0) is 36.8 Å². The van der Waals surface area contributed by atoms with Gasteiger partial charge >= 0.3 is 12.3 Å². The summed E-state index contributed by atoms with van der Waals surface area (Å²) in [5, 5.41) is 0.307. The number of thioether (sulfide) groups is 1. The summed E-state index contributed by atoms with van der Waals surface area (Å²) in [6.45, 7) is 1.80. The second-order valence-corrected chi connectivity index (χ2v) is 8.18. The molecular formula is C22H18F3N3O4S. The largest absolute Gasteiger partial charge is 0.573 e. The van der Waals surface area contributed by atoms with Crippen LogP contribution in [0, 0.1) is 0 Å². The van der Waals surface area contributed by atoms with E-state index in [0.717, 1.165) is 29.3 Å². The van der Waals surface area contributed by atoms with Crippen LogP contribution in [0.1, 0.15) is 13.3 Å². The fraction of sp³-hybridized carbons (Fsp3) is 0.227. The molecule has 0 amide bonds. The molecule has 11 heteroatoms. The first-order valence-corrected chi connectivity index (χ1v) is 10.7. The molecule has 2 aromatic heterocycles. The number of nitrogens with zero attached hydrogens (tertiary/aromatic N) is 2. The normalized spacial score (nSPS) is 12.8. The molecule has 2 heterocycles. The minimum Gasteiger partial charge on any atom is -0.468 e. The Morgan fingerprint density at radius 3 is 2.52 bits per heavy atom. The van der Waals surface area contributed by atoms with E-state index in [9.17, 15) is 22.8 Å². The Labute approximate surface area is 189 Å². The van der Waals surface area contributed by atoms with Gasteiger partial charge in [0.2, 0.25) is 0 Å². The van der Waals surface area contributed by atoms with Crippen LogP contribution in [0.25, 0.3) is 27.6 Å². The first-order chi connectivity index (χ1) is 15.7.